The predicted octanol–water partition coefficient (Wildman–Crippen LogP) is 0.685. The minimum absolute atomic E-state index is 0.109. The summed E-state index contributed by atoms with van der Waals surface area (Å²) in [5, 5.41) is 3.09. The molecule has 0 radical (unpaired) electrons. The SMILES string of the molecule is Cc1cc(C(=O)N[C@H]2C[C@H]3CO[C@H](C)CN3C2)nc(C)n1. The molecule has 114 valence electrons. The Balaban J connectivity index is 1.63. The Morgan fingerprint density at radius 2 is 2.19 bits per heavy atom. The van der Waals surface area contributed by atoms with Gasteiger partial charge in [0.15, 0.2) is 0 Å². The second kappa shape index (κ2) is 5.69. The normalized spacial score (nSPS) is 29.2. The molecule has 0 saturated carbocycles. The molecule has 1 aromatic rings. The molecule has 3 heterocycles. The van der Waals surface area contributed by atoms with Crippen molar-refractivity contribution >= 4 is 5.91 Å². The fourth-order valence-corrected chi connectivity index (χ4v) is 3.24. The van der Waals surface area contributed by atoms with E-state index < -0.39 is 0 Å². The first-order chi connectivity index (χ1) is 10.0. The van der Waals surface area contributed by atoms with Gasteiger partial charge < -0.3 is 10.1 Å². The molecule has 0 aliphatic carbocycles. The third-order valence-electron chi connectivity index (χ3n) is 4.13. The molecule has 2 aliphatic heterocycles. The summed E-state index contributed by atoms with van der Waals surface area (Å²) in [6, 6.07) is 2.34. The summed E-state index contributed by atoms with van der Waals surface area (Å²) < 4.78 is 5.69. The minimum atomic E-state index is -0.109. The van der Waals surface area contributed by atoms with Gasteiger partial charge in [-0.25, -0.2) is 9.97 Å². The quantitative estimate of drug-likeness (QED) is 0.868. The minimum Gasteiger partial charge on any atom is -0.376 e. The molecule has 6 nitrogen and oxygen atoms in total. The lowest BCUT2D eigenvalue weighted by atomic mass is 10.1. The van der Waals surface area contributed by atoms with Crippen molar-refractivity contribution in [3.63, 3.8) is 0 Å². The molecular weight excluding hydrogens is 268 g/mol. The number of amides is 1. The highest BCUT2D eigenvalue weighted by Gasteiger charge is 2.36. The number of hydrogen-bond donors (Lipinski definition) is 1. The van der Waals surface area contributed by atoms with Crippen LogP contribution in [0.25, 0.3) is 0 Å². The number of aryl methyl sites for hydroxylation is 2. The molecule has 0 aromatic carbocycles. The molecule has 21 heavy (non-hydrogen) atoms. The van der Waals surface area contributed by atoms with Crippen molar-refractivity contribution in [2.24, 2.45) is 0 Å². The van der Waals surface area contributed by atoms with Gasteiger partial charge in [0.05, 0.1) is 12.7 Å². The molecule has 0 unspecified atom stereocenters. The van der Waals surface area contributed by atoms with Gasteiger partial charge in [-0.15, -0.1) is 0 Å². The Hall–Kier alpha value is -1.53. The molecule has 3 rings (SSSR count). The smallest absolute Gasteiger partial charge is 0.270 e. The standard InChI is InChI=1S/C15H22N4O2/c1-9-4-14(17-11(3)16-9)15(20)18-12-5-13-8-21-10(2)6-19(13)7-12/h4,10,12-13H,5-8H2,1-3H3,(H,18,20)/t10-,12+,13+/m1/s1. The summed E-state index contributed by atoms with van der Waals surface area (Å²) in [4.78, 5) is 23.2. The topological polar surface area (TPSA) is 67.3 Å². The van der Waals surface area contributed by atoms with Gasteiger partial charge >= 0.3 is 0 Å². The van der Waals surface area contributed by atoms with Crippen molar-refractivity contribution in [3.05, 3.63) is 23.3 Å². The van der Waals surface area contributed by atoms with Gasteiger partial charge in [-0.1, -0.05) is 0 Å². The Kier molecular flexibility index (Phi) is 3.91. The predicted molar refractivity (Wildman–Crippen MR) is 78.2 cm³/mol. The lowest BCUT2D eigenvalue weighted by Crippen LogP contribution is -2.45. The van der Waals surface area contributed by atoms with Gasteiger partial charge in [0.2, 0.25) is 0 Å². The summed E-state index contributed by atoms with van der Waals surface area (Å²) in [6.45, 7) is 8.38. The molecule has 1 amide bonds. The number of rotatable bonds is 2. The van der Waals surface area contributed by atoms with E-state index in [-0.39, 0.29) is 18.1 Å². The molecule has 2 aliphatic rings. The third kappa shape index (κ3) is 3.22. The second-order valence-corrected chi connectivity index (χ2v) is 6.10. The number of fused-ring (bicyclic) bond motifs is 1. The maximum absolute atomic E-state index is 12.3. The number of carbonyl (C=O) groups excluding carboxylic acids is 1. The number of ether oxygens (including phenoxy) is 1. The first kappa shape index (κ1) is 14.4. The average Bonchev–Trinajstić information content (AvgIpc) is 2.78. The Morgan fingerprint density at radius 1 is 1.38 bits per heavy atom. The van der Waals surface area contributed by atoms with Gasteiger partial charge in [0, 0.05) is 30.9 Å². The first-order valence-electron chi connectivity index (χ1n) is 7.50. The van der Waals surface area contributed by atoms with Crippen LogP contribution in [0.3, 0.4) is 0 Å². The van der Waals surface area contributed by atoms with Crippen LogP contribution in [-0.2, 0) is 4.74 Å². The maximum Gasteiger partial charge on any atom is 0.270 e. The molecule has 0 bridgehead atoms. The number of hydrogen-bond acceptors (Lipinski definition) is 5. The van der Waals surface area contributed by atoms with Crippen LogP contribution in [0.4, 0.5) is 0 Å². The monoisotopic (exact) mass is 290 g/mol. The van der Waals surface area contributed by atoms with Gasteiger partial charge in [-0.05, 0) is 33.3 Å². The maximum atomic E-state index is 12.3. The van der Waals surface area contributed by atoms with E-state index in [9.17, 15) is 4.79 Å². The molecule has 1 N–H and O–H groups in total. The van der Waals surface area contributed by atoms with Crippen LogP contribution in [0, 0.1) is 13.8 Å². The summed E-state index contributed by atoms with van der Waals surface area (Å²) in [7, 11) is 0. The Bertz CT molecular complexity index is 528. The van der Waals surface area contributed by atoms with Crippen LogP contribution in [-0.4, -0.2) is 58.7 Å². The molecular formula is C15H22N4O2. The fourth-order valence-electron chi connectivity index (χ4n) is 3.24. The summed E-state index contributed by atoms with van der Waals surface area (Å²) in [6.07, 6.45) is 1.23. The fraction of sp³-hybridized carbons (Fsp3) is 0.667. The Labute approximate surface area is 124 Å². The number of aromatic nitrogens is 2. The van der Waals surface area contributed by atoms with Crippen LogP contribution in [0.15, 0.2) is 6.07 Å². The van der Waals surface area contributed by atoms with Crippen LogP contribution >= 0.6 is 0 Å². The largest absolute Gasteiger partial charge is 0.376 e. The lowest BCUT2D eigenvalue weighted by molar-refractivity contribution is -0.0390. The summed E-state index contributed by atoms with van der Waals surface area (Å²) >= 11 is 0. The number of nitrogens with one attached hydrogen (secondary N) is 1. The molecule has 1 aromatic heterocycles. The first-order valence-corrected chi connectivity index (χ1v) is 7.50. The van der Waals surface area contributed by atoms with Crippen molar-refractivity contribution < 1.29 is 9.53 Å². The van der Waals surface area contributed by atoms with E-state index >= 15 is 0 Å². The molecule has 3 atom stereocenters. The van der Waals surface area contributed by atoms with Crippen molar-refractivity contribution in [1.29, 1.82) is 0 Å². The molecule has 0 spiro atoms. The highest BCUT2D eigenvalue weighted by molar-refractivity contribution is 5.92. The average molecular weight is 290 g/mol. The zero-order valence-electron chi connectivity index (χ0n) is 12.8. The van der Waals surface area contributed by atoms with E-state index in [4.69, 9.17) is 4.74 Å². The van der Waals surface area contributed by atoms with Crippen LogP contribution in [0.2, 0.25) is 0 Å². The van der Waals surface area contributed by atoms with Crippen LogP contribution in [0.5, 0.6) is 0 Å². The van der Waals surface area contributed by atoms with Gasteiger partial charge in [-0.2, -0.15) is 0 Å². The number of carbonyl (C=O) groups is 1. The van der Waals surface area contributed by atoms with Gasteiger partial charge in [-0.3, -0.25) is 9.69 Å². The van der Waals surface area contributed by atoms with E-state index in [0.29, 0.717) is 17.6 Å². The summed E-state index contributed by atoms with van der Waals surface area (Å²) in [5.74, 6) is 0.522. The molecule has 6 heteroatoms. The second-order valence-electron chi connectivity index (χ2n) is 6.10. The van der Waals surface area contributed by atoms with E-state index in [1.165, 1.54) is 0 Å². The highest BCUT2D eigenvalue weighted by Crippen LogP contribution is 2.23. The molecule has 2 fully saturated rings. The van der Waals surface area contributed by atoms with Gasteiger partial charge in [0.25, 0.3) is 5.91 Å². The van der Waals surface area contributed by atoms with Crippen LogP contribution in [0.1, 0.15) is 35.4 Å². The highest BCUT2D eigenvalue weighted by atomic mass is 16.5. The zero-order valence-corrected chi connectivity index (χ0v) is 12.8. The van der Waals surface area contributed by atoms with Gasteiger partial charge in [0.1, 0.15) is 11.5 Å². The molecule has 2 saturated heterocycles. The zero-order chi connectivity index (χ0) is 15.0. The van der Waals surface area contributed by atoms with E-state index in [2.05, 4.69) is 27.1 Å². The van der Waals surface area contributed by atoms with E-state index in [0.717, 1.165) is 31.8 Å². The summed E-state index contributed by atoms with van der Waals surface area (Å²) in [5.41, 5.74) is 1.27. The number of nitrogens with zero attached hydrogens (tertiary/aromatic N) is 3. The van der Waals surface area contributed by atoms with Crippen molar-refractivity contribution in [2.75, 3.05) is 19.7 Å². The van der Waals surface area contributed by atoms with Crippen molar-refractivity contribution in [1.82, 2.24) is 20.2 Å². The third-order valence-corrected chi connectivity index (χ3v) is 4.13. The van der Waals surface area contributed by atoms with Crippen LogP contribution < -0.4 is 5.32 Å². The lowest BCUT2D eigenvalue weighted by Gasteiger charge is -2.33. The number of morpholine rings is 1. The Morgan fingerprint density at radius 3 is 2.95 bits per heavy atom. The van der Waals surface area contributed by atoms with E-state index in [1.54, 1.807) is 13.0 Å². The van der Waals surface area contributed by atoms with E-state index in [1.807, 2.05) is 6.92 Å². The van der Waals surface area contributed by atoms with Crippen molar-refractivity contribution in [2.45, 2.75) is 45.4 Å². The van der Waals surface area contributed by atoms with Crippen molar-refractivity contribution in [3.8, 4) is 0 Å².